The van der Waals surface area contributed by atoms with Crippen LogP contribution in [0.3, 0.4) is 0 Å². The van der Waals surface area contributed by atoms with E-state index in [9.17, 15) is 4.79 Å². The molecule has 0 aliphatic carbocycles. The first-order valence-electron chi connectivity index (χ1n) is 8.61. The number of nitrogens with zero attached hydrogens (tertiary/aromatic N) is 2. The standard InChI is InChI=1S/C20H22N4O2/c1-2-26-19-6-3-5-17(15-19)23-20(25)21-13-11-16-7-9-18(10-8-16)24-14-4-12-22-24/h3-10,12,14-15H,2,11,13H2,1H3,(H2,21,23,25). The van der Waals surface area contributed by atoms with Crippen LogP contribution < -0.4 is 15.4 Å². The molecule has 2 N–H and O–H groups in total. The maximum Gasteiger partial charge on any atom is 0.319 e. The Kier molecular flexibility index (Phi) is 5.88. The smallest absolute Gasteiger partial charge is 0.319 e. The van der Waals surface area contributed by atoms with Gasteiger partial charge in [0.25, 0.3) is 0 Å². The maximum absolute atomic E-state index is 12.0. The van der Waals surface area contributed by atoms with Gasteiger partial charge in [-0.05, 0) is 49.2 Å². The van der Waals surface area contributed by atoms with Gasteiger partial charge in [0.2, 0.25) is 0 Å². The van der Waals surface area contributed by atoms with E-state index >= 15 is 0 Å². The van der Waals surface area contributed by atoms with Crippen molar-refractivity contribution in [2.75, 3.05) is 18.5 Å². The van der Waals surface area contributed by atoms with E-state index in [1.54, 1.807) is 12.3 Å². The highest BCUT2D eigenvalue weighted by Crippen LogP contribution is 2.17. The molecule has 1 aromatic heterocycles. The van der Waals surface area contributed by atoms with Crippen LogP contribution in [-0.2, 0) is 6.42 Å². The molecule has 3 rings (SSSR count). The zero-order valence-corrected chi connectivity index (χ0v) is 14.7. The summed E-state index contributed by atoms with van der Waals surface area (Å²) < 4.78 is 7.24. The van der Waals surface area contributed by atoms with E-state index in [0.717, 1.165) is 23.4 Å². The fourth-order valence-electron chi connectivity index (χ4n) is 2.56. The van der Waals surface area contributed by atoms with Gasteiger partial charge in [0.1, 0.15) is 5.75 Å². The summed E-state index contributed by atoms with van der Waals surface area (Å²) >= 11 is 0. The molecule has 0 fully saturated rings. The fourth-order valence-corrected chi connectivity index (χ4v) is 2.56. The molecule has 6 heteroatoms. The highest BCUT2D eigenvalue weighted by atomic mass is 16.5. The zero-order chi connectivity index (χ0) is 18.2. The van der Waals surface area contributed by atoms with E-state index < -0.39 is 0 Å². The number of benzene rings is 2. The molecule has 0 atom stereocenters. The summed E-state index contributed by atoms with van der Waals surface area (Å²) in [5.41, 5.74) is 2.87. The van der Waals surface area contributed by atoms with Crippen molar-refractivity contribution < 1.29 is 9.53 Å². The van der Waals surface area contributed by atoms with Crippen LogP contribution in [0.15, 0.2) is 67.0 Å². The Hall–Kier alpha value is -3.28. The second-order valence-electron chi connectivity index (χ2n) is 5.71. The van der Waals surface area contributed by atoms with Crippen LogP contribution in [0.5, 0.6) is 5.75 Å². The average Bonchev–Trinajstić information content (AvgIpc) is 3.18. The predicted molar refractivity (Wildman–Crippen MR) is 102 cm³/mol. The molecule has 0 saturated heterocycles. The Morgan fingerprint density at radius 3 is 2.73 bits per heavy atom. The third-order valence-corrected chi connectivity index (χ3v) is 3.81. The summed E-state index contributed by atoms with van der Waals surface area (Å²) in [4.78, 5) is 12.0. The molecule has 134 valence electrons. The van der Waals surface area contributed by atoms with E-state index in [-0.39, 0.29) is 6.03 Å². The van der Waals surface area contributed by atoms with E-state index in [1.165, 1.54) is 0 Å². The number of carbonyl (C=O) groups excluding carboxylic acids is 1. The Bertz CT molecular complexity index is 829. The molecule has 0 aliphatic rings. The van der Waals surface area contributed by atoms with Crippen LogP contribution in [0.4, 0.5) is 10.5 Å². The molecule has 3 aromatic rings. The van der Waals surface area contributed by atoms with Crippen molar-refractivity contribution >= 4 is 11.7 Å². The van der Waals surface area contributed by atoms with Gasteiger partial charge in [-0.25, -0.2) is 9.48 Å². The number of ether oxygens (including phenoxy) is 1. The molecule has 0 bridgehead atoms. The lowest BCUT2D eigenvalue weighted by atomic mass is 10.1. The zero-order valence-electron chi connectivity index (χ0n) is 14.7. The van der Waals surface area contributed by atoms with Crippen LogP contribution in [0.25, 0.3) is 5.69 Å². The van der Waals surface area contributed by atoms with Gasteiger partial charge in [-0.3, -0.25) is 0 Å². The van der Waals surface area contributed by atoms with E-state index in [4.69, 9.17) is 4.74 Å². The summed E-state index contributed by atoms with van der Waals surface area (Å²) in [6, 6.07) is 17.1. The van der Waals surface area contributed by atoms with Crippen molar-refractivity contribution in [3.05, 3.63) is 72.6 Å². The Balaban J connectivity index is 1.45. The number of aromatic nitrogens is 2. The largest absolute Gasteiger partial charge is 0.494 e. The molecule has 0 unspecified atom stereocenters. The van der Waals surface area contributed by atoms with E-state index in [1.807, 2.05) is 66.3 Å². The number of nitrogens with one attached hydrogen (secondary N) is 2. The number of hydrogen-bond acceptors (Lipinski definition) is 3. The van der Waals surface area contributed by atoms with E-state index in [0.29, 0.717) is 18.8 Å². The maximum atomic E-state index is 12.0. The summed E-state index contributed by atoms with van der Waals surface area (Å²) in [7, 11) is 0. The average molecular weight is 350 g/mol. The molecule has 0 saturated carbocycles. The number of carbonyl (C=O) groups is 1. The summed E-state index contributed by atoms with van der Waals surface area (Å²) in [5.74, 6) is 0.738. The lowest BCUT2D eigenvalue weighted by molar-refractivity contribution is 0.252. The van der Waals surface area contributed by atoms with Crippen LogP contribution >= 0.6 is 0 Å². The Morgan fingerprint density at radius 2 is 2.00 bits per heavy atom. The molecule has 0 radical (unpaired) electrons. The van der Waals surface area contributed by atoms with Gasteiger partial charge in [-0.2, -0.15) is 5.10 Å². The van der Waals surface area contributed by atoms with Crippen LogP contribution in [0.1, 0.15) is 12.5 Å². The van der Waals surface area contributed by atoms with Gasteiger partial charge in [0, 0.05) is 30.7 Å². The Morgan fingerprint density at radius 1 is 1.15 bits per heavy atom. The SMILES string of the molecule is CCOc1cccc(NC(=O)NCCc2ccc(-n3cccn3)cc2)c1. The van der Waals surface area contributed by atoms with Crippen molar-refractivity contribution in [1.29, 1.82) is 0 Å². The number of amides is 2. The van der Waals surface area contributed by atoms with Gasteiger partial charge in [-0.15, -0.1) is 0 Å². The molecular weight excluding hydrogens is 328 g/mol. The molecule has 0 spiro atoms. The van der Waals surface area contributed by atoms with Crippen LogP contribution in [0.2, 0.25) is 0 Å². The van der Waals surface area contributed by atoms with Crippen molar-refractivity contribution in [1.82, 2.24) is 15.1 Å². The minimum atomic E-state index is -0.230. The van der Waals surface area contributed by atoms with Crippen LogP contribution in [0, 0.1) is 0 Å². The number of hydrogen-bond donors (Lipinski definition) is 2. The van der Waals surface area contributed by atoms with E-state index in [2.05, 4.69) is 15.7 Å². The minimum absolute atomic E-state index is 0.230. The summed E-state index contributed by atoms with van der Waals surface area (Å²) in [6.45, 7) is 3.07. The molecule has 1 heterocycles. The second-order valence-corrected chi connectivity index (χ2v) is 5.71. The van der Waals surface area contributed by atoms with Gasteiger partial charge in [0.15, 0.2) is 0 Å². The topological polar surface area (TPSA) is 68.2 Å². The second kappa shape index (κ2) is 8.71. The van der Waals surface area contributed by atoms with Gasteiger partial charge >= 0.3 is 6.03 Å². The van der Waals surface area contributed by atoms with Crippen molar-refractivity contribution in [2.24, 2.45) is 0 Å². The highest BCUT2D eigenvalue weighted by Gasteiger charge is 2.03. The Labute approximate surface area is 152 Å². The minimum Gasteiger partial charge on any atom is -0.494 e. The third-order valence-electron chi connectivity index (χ3n) is 3.81. The summed E-state index contributed by atoms with van der Waals surface area (Å²) in [6.07, 6.45) is 4.41. The van der Waals surface area contributed by atoms with Gasteiger partial charge in [-0.1, -0.05) is 18.2 Å². The fraction of sp³-hybridized carbons (Fsp3) is 0.200. The molecule has 2 amide bonds. The van der Waals surface area contributed by atoms with Crippen molar-refractivity contribution in [3.8, 4) is 11.4 Å². The molecule has 2 aromatic carbocycles. The lowest BCUT2D eigenvalue weighted by Crippen LogP contribution is -2.30. The number of anilines is 1. The number of rotatable bonds is 7. The summed E-state index contributed by atoms with van der Waals surface area (Å²) in [5, 5.41) is 9.88. The van der Waals surface area contributed by atoms with Crippen molar-refractivity contribution in [2.45, 2.75) is 13.3 Å². The molecular formula is C20H22N4O2. The number of urea groups is 1. The highest BCUT2D eigenvalue weighted by molar-refractivity contribution is 5.89. The molecule has 6 nitrogen and oxygen atoms in total. The first-order valence-corrected chi connectivity index (χ1v) is 8.61. The lowest BCUT2D eigenvalue weighted by Gasteiger charge is -2.10. The third kappa shape index (κ3) is 4.86. The van der Waals surface area contributed by atoms with Gasteiger partial charge < -0.3 is 15.4 Å². The predicted octanol–water partition coefficient (Wildman–Crippen LogP) is 3.64. The quantitative estimate of drug-likeness (QED) is 0.684. The first kappa shape index (κ1) is 17.5. The molecule has 26 heavy (non-hydrogen) atoms. The molecule has 0 aliphatic heterocycles. The first-order chi connectivity index (χ1) is 12.7. The van der Waals surface area contributed by atoms with Crippen molar-refractivity contribution in [3.63, 3.8) is 0 Å². The van der Waals surface area contributed by atoms with Gasteiger partial charge in [0.05, 0.1) is 12.3 Å². The van der Waals surface area contributed by atoms with Crippen LogP contribution in [-0.4, -0.2) is 29.0 Å². The normalized spacial score (nSPS) is 10.3. The monoisotopic (exact) mass is 350 g/mol.